The molecule has 2 heterocycles. The minimum Gasteiger partial charge on any atom is -0.310 e. The summed E-state index contributed by atoms with van der Waals surface area (Å²) in [4.78, 5) is 0. The van der Waals surface area contributed by atoms with E-state index in [2.05, 4.69) is 191 Å². The number of nitrogens with zero attached hydrogens (tertiary/aromatic N) is 2. The molecule has 0 unspecified atom stereocenters. The first-order valence-corrected chi connectivity index (χ1v) is 18.1. The molecule has 0 atom stereocenters. The summed E-state index contributed by atoms with van der Waals surface area (Å²) < 4.78 is 4.97. The molecule has 51 heavy (non-hydrogen) atoms. The molecule has 0 radical (unpaired) electrons. The summed E-state index contributed by atoms with van der Waals surface area (Å²) in [5.41, 5.74) is 22.0. The van der Waals surface area contributed by atoms with Gasteiger partial charge in [-0.15, -0.1) is 5.46 Å². The Bertz CT molecular complexity index is 2860. The summed E-state index contributed by atoms with van der Waals surface area (Å²) in [5, 5.41) is 5.31. The molecule has 9 heteroatoms. The minimum atomic E-state index is 1.17. The van der Waals surface area contributed by atoms with Crippen molar-refractivity contribution in [3.63, 3.8) is 0 Å². The number of hydrogen-bond acceptors (Lipinski definition) is 0. The number of rotatable bonds is 4. The van der Waals surface area contributed by atoms with E-state index in [0.29, 0.717) is 0 Å². The molecule has 0 aliphatic rings. The topological polar surface area (TPSA) is 9.86 Å². The standard InChI is InChI=1S/C42H35B7N2/c43-34-30(35(44)39(48)41-32(34)33-36(45)37(46)38(47)40(49)42(33)51(41)25-15-8-3-9-16-25)23-19-20-28-27(21-23)31-26(22-11-4-1-5-12-22)17-10-18-29(31)50(28)24-13-6-2-7-14-24/h1-21H,43-49H2. The van der Waals surface area contributed by atoms with Crippen LogP contribution in [-0.2, 0) is 0 Å². The predicted molar refractivity (Wildman–Crippen MR) is 243 cm³/mol. The van der Waals surface area contributed by atoms with Gasteiger partial charge in [-0.1, -0.05) is 118 Å². The molecule has 2 aromatic heterocycles. The van der Waals surface area contributed by atoms with Gasteiger partial charge in [0, 0.05) is 38.6 Å². The van der Waals surface area contributed by atoms with Gasteiger partial charge in [0.15, 0.2) is 0 Å². The first-order valence-electron chi connectivity index (χ1n) is 18.1. The first kappa shape index (κ1) is 31.6. The van der Waals surface area contributed by atoms with Crippen LogP contribution < -0.4 is 38.2 Å². The Morgan fingerprint density at radius 1 is 0.353 bits per heavy atom. The fraction of sp³-hybridized carbons (Fsp3) is 0. The van der Waals surface area contributed by atoms with E-state index in [1.807, 2.05) is 0 Å². The average Bonchev–Trinajstić information content (AvgIpc) is 3.71. The summed E-state index contributed by atoms with van der Waals surface area (Å²) in [6, 6.07) is 46.5. The molecule has 0 aliphatic carbocycles. The van der Waals surface area contributed by atoms with E-state index in [1.54, 1.807) is 0 Å². The van der Waals surface area contributed by atoms with E-state index in [1.165, 1.54) is 115 Å². The third kappa shape index (κ3) is 4.53. The lowest BCUT2D eigenvalue weighted by atomic mass is 9.64. The number of para-hydroxylation sites is 2. The Hall–Kier alpha value is -5.41. The van der Waals surface area contributed by atoms with Crippen molar-refractivity contribution in [2.24, 2.45) is 0 Å². The lowest BCUT2D eigenvalue weighted by Crippen LogP contribution is -2.48. The summed E-state index contributed by atoms with van der Waals surface area (Å²) in [6.07, 6.45) is 0. The summed E-state index contributed by atoms with van der Waals surface area (Å²) in [5.74, 6) is 0. The van der Waals surface area contributed by atoms with Crippen molar-refractivity contribution in [2.45, 2.75) is 0 Å². The van der Waals surface area contributed by atoms with Gasteiger partial charge in [0.2, 0.25) is 0 Å². The zero-order chi connectivity index (χ0) is 35.1. The van der Waals surface area contributed by atoms with E-state index in [4.69, 9.17) is 0 Å². The fourth-order valence-corrected chi connectivity index (χ4v) is 8.92. The molecule has 7 aromatic carbocycles. The van der Waals surface area contributed by atoms with Crippen LogP contribution in [0.15, 0.2) is 127 Å². The van der Waals surface area contributed by atoms with Gasteiger partial charge >= 0.3 is 0 Å². The Kier molecular flexibility index (Phi) is 7.33. The molecule has 0 saturated heterocycles. The largest absolute Gasteiger partial charge is 0.310 e. The highest BCUT2D eigenvalue weighted by atomic mass is 15.0. The van der Waals surface area contributed by atoms with Gasteiger partial charge in [0.1, 0.15) is 54.9 Å². The van der Waals surface area contributed by atoms with Gasteiger partial charge in [-0.05, 0) is 70.1 Å². The summed E-state index contributed by atoms with van der Waals surface area (Å²) in [6.45, 7) is 0. The monoisotopic (exact) mass is 644 g/mol. The quantitative estimate of drug-likeness (QED) is 0.219. The second-order valence-corrected chi connectivity index (χ2v) is 14.3. The Balaban J connectivity index is 1.42. The van der Waals surface area contributed by atoms with E-state index in [9.17, 15) is 0 Å². The molecule has 0 aliphatic heterocycles. The van der Waals surface area contributed by atoms with E-state index in [-0.39, 0.29) is 0 Å². The molecule has 0 amide bonds. The second-order valence-electron chi connectivity index (χ2n) is 14.3. The number of aromatic nitrogens is 2. The van der Waals surface area contributed by atoms with Crippen molar-refractivity contribution in [3.8, 4) is 33.6 Å². The Morgan fingerprint density at radius 3 is 1.55 bits per heavy atom. The molecule has 0 N–H and O–H groups in total. The lowest BCUT2D eigenvalue weighted by molar-refractivity contribution is 1.18. The number of hydrogen-bond donors (Lipinski definition) is 0. The van der Waals surface area contributed by atoms with Gasteiger partial charge in [-0.2, -0.15) is 0 Å². The molecule has 9 rings (SSSR count). The minimum absolute atomic E-state index is 1.17. The van der Waals surface area contributed by atoms with Crippen LogP contribution in [0.25, 0.3) is 77.2 Å². The Morgan fingerprint density at radius 2 is 0.902 bits per heavy atom. The maximum absolute atomic E-state index is 2.54. The van der Waals surface area contributed by atoms with Crippen molar-refractivity contribution in [1.29, 1.82) is 0 Å². The van der Waals surface area contributed by atoms with Crippen molar-refractivity contribution < 1.29 is 0 Å². The van der Waals surface area contributed by atoms with Gasteiger partial charge in [0.05, 0.1) is 11.0 Å². The van der Waals surface area contributed by atoms with Crippen LogP contribution in [0, 0.1) is 0 Å². The van der Waals surface area contributed by atoms with Gasteiger partial charge in [0.25, 0.3) is 0 Å². The zero-order valence-corrected chi connectivity index (χ0v) is 30.5. The van der Waals surface area contributed by atoms with Gasteiger partial charge in [-0.3, -0.25) is 0 Å². The van der Waals surface area contributed by atoms with Crippen molar-refractivity contribution in [1.82, 2.24) is 9.13 Å². The molecule has 0 bridgehead atoms. The van der Waals surface area contributed by atoms with Crippen LogP contribution in [0.5, 0.6) is 0 Å². The van der Waals surface area contributed by atoms with Crippen molar-refractivity contribution >= 4 is 137 Å². The molecular weight excluding hydrogens is 608 g/mol. The average molecular weight is 643 g/mol. The molecule has 0 spiro atoms. The lowest BCUT2D eigenvalue weighted by Gasteiger charge is -2.19. The van der Waals surface area contributed by atoms with Gasteiger partial charge in [-0.25, -0.2) is 0 Å². The normalized spacial score (nSPS) is 11.7. The second kappa shape index (κ2) is 11.8. The third-order valence-corrected chi connectivity index (χ3v) is 11.8. The SMILES string of the molecule is Bc1c(B)c(B)c2c(c1B)c1c(B)c(-c3ccc4c(c3)c3c(-c5ccccc5)cccc3n4-c3ccccc3)c(B)c(B)c1n2-c1ccccc1. The van der Waals surface area contributed by atoms with Crippen molar-refractivity contribution in [2.75, 3.05) is 0 Å². The van der Waals surface area contributed by atoms with Crippen LogP contribution >= 0.6 is 0 Å². The maximum atomic E-state index is 2.54. The zero-order valence-electron chi connectivity index (χ0n) is 30.5. The van der Waals surface area contributed by atoms with Crippen LogP contribution in [0.1, 0.15) is 0 Å². The van der Waals surface area contributed by atoms with Crippen LogP contribution in [0.2, 0.25) is 0 Å². The van der Waals surface area contributed by atoms with Crippen LogP contribution in [-0.4, -0.2) is 64.1 Å². The number of fused-ring (bicyclic) bond motifs is 6. The molecule has 9 aromatic rings. The molecule has 0 saturated carbocycles. The van der Waals surface area contributed by atoms with Crippen LogP contribution in [0.4, 0.5) is 0 Å². The molecule has 234 valence electrons. The smallest absolute Gasteiger partial charge is 0.141 e. The van der Waals surface area contributed by atoms with E-state index in [0.717, 1.165) is 0 Å². The highest BCUT2D eigenvalue weighted by molar-refractivity contribution is 6.69. The van der Waals surface area contributed by atoms with Gasteiger partial charge < -0.3 is 9.13 Å². The maximum Gasteiger partial charge on any atom is 0.141 e. The first-order chi connectivity index (χ1) is 24.8. The predicted octanol–water partition coefficient (Wildman–Crippen LogP) is -0.976. The fourth-order valence-electron chi connectivity index (χ4n) is 8.92. The van der Waals surface area contributed by atoms with Crippen molar-refractivity contribution in [3.05, 3.63) is 127 Å². The summed E-state index contributed by atoms with van der Waals surface area (Å²) in [7, 11) is 16.2. The number of benzene rings is 7. The molecular formula is C42H35B7N2. The molecule has 0 fully saturated rings. The third-order valence-electron chi connectivity index (χ3n) is 11.8. The van der Waals surface area contributed by atoms with E-state index >= 15 is 0 Å². The highest BCUT2D eigenvalue weighted by Gasteiger charge is 2.25. The van der Waals surface area contributed by atoms with E-state index < -0.39 is 0 Å². The molecule has 2 nitrogen and oxygen atoms in total. The summed E-state index contributed by atoms with van der Waals surface area (Å²) >= 11 is 0. The van der Waals surface area contributed by atoms with Crippen LogP contribution in [0.3, 0.4) is 0 Å². The Labute approximate surface area is 305 Å². The highest BCUT2D eigenvalue weighted by Crippen LogP contribution is 2.40.